The summed E-state index contributed by atoms with van der Waals surface area (Å²) < 4.78 is 0. The van der Waals surface area contributed by atoms with E-state index in [-0.39, 0.29) is 30.9 Å². The van der Waals surface area contributed by atoms with Crippen molar-refractivity contribution in [3.8, 4) is 0 Å². The smallest absolute Gasteiger partial charge is 0.275 e. The predicted molar refractivity (Wildman–Crippen MR) is 108 cm³/mol. The minimum atomic E-state index is -0.215. The van der Waals surface area contributed by atoms with Crippen molar-refractivity contribution >= 4 is 17.5 Å². The number of carbonyl (C=O) groups excluding carboxylic acids is 2. The number of quaternary nitrogens is 1. The molecule has 0 aliphatic rings. The second-order valence-electron chi connectivity index (χ2n) is 6.96. The second kappa shape index (κ2) is 10.5. The molecule has 0 unspecified atom stereocenters. The van der Waals surface area contributed by atoms with Gasteiger partial charge in [0.15, 0.2) is 6.54 Å². The number of nitrogens with one attached hydrogen (secondary N) is 2. The van der Waals surface area contributed by atoms with Crippen LogP contribution in [0.4, 0.5) is 5.69 Å². The molecule has 5 heteroatoms. The molecule has 0 aliphatic heterocycles. The molecule has 0 fully saturated rings. The van der Waals surface area contributed by atoms with Crippen molar-refractivity contribution in [3.63, 3.8) is 0 Å². The fraction of sp³-hybridized carbons (Fsp3) is 0.364. The Bertz CT molecular complexity index is 744. The molecular formula is C22H30N3O2+. The van der Waals surface area contributed by atoms with E-state index in [1.807, 2.05) is 54.7 Å². The minimum absolute atomic E-state index is 0.0254. The topological polar surface area (TPSA) is 74.8 Å². The maximum Gasteiger partial charge on any atom is 0.275 e. The van der Waals surface area contributed by atoms with E-state index >= 15 is 0 Å². The van der Waals surface area contributed by atoms with Crippen LogP contribution in [0.25, 0.3) is 0 Å². The highest BCUT2D eigenvalue weighted by atomic mass is 16.2. The Kier molecular flexibility index (Phi) is 8.01. The molecule has 1 atom stereocenters. The van der Waals surface area contributed by atoms with Crippen molar-refractivity contribution in [2.45, 2.75) is 33.2 Å². The van der Waals surface area contributed by atoms with Crippen LogP contribution in [-0.4, -0.2) is 24.9 Å². The number of carbonyl (C=O) groups is 2. The van der Waals surface area contributed by atoms with Gasteiger partial charge >= 0.3 is 0 Å². The molecule has 0 aliphatic carbocycles. The lowest BCUT2D eigenvalue weighted by atomic mass is 9.96. The molecule has 2 aromatic rings. The van der Waals surface area contributed by atoms with Crippen molar-refractivity contribution in [2.75, 3.05) is 18.4 Å². The average molecular weight is 369 g/mol. The van der Waals surface area contributed by atoms with Gasteiger partial charge in [-0.05, 0) is 18.1 Å². The highest BCUT2D eigenvalue weighted by Crippen LogP contribution is 2.17. The largest absolute Gasteiger partial charge is 0.342 e. The zero-order chi connectivity index (χ0) is 19.6. The SMILES string of the molecule is CCc1ccccc1NC(=O)CNC(=O)C[NH2+][C@H](c1ccccc1)C(C)C. The summed E-state index contributed by atoms with van der Waals surface area (Å²) in [5.74, 6) is 0.0391. The summed E-state index contributed by atoms with van der Waals surface area (Å²) in [7, 11) is 0. The number of nitrogens with two attached hydrogens (primary N) is 1. The molecule has 2 aromatic carbocycles. The van der Waals surface area contributed by atoms with Gasteiger partial charge in [-0.25, -0.2) is 0 Å². The molecule has 0 radical (unpaired) electrons. The van der Waals surface area contributed by atoms with E-state index in [0.717, 1.165) is 17.7 Å². The van der Waals surface area contributed by atoms with Gasteiger partial charge in [0.2, 0.25) is 5.91 Å². The van der Waals surface area contributed by atoms with Gasteiger partial charge in [-0.2, -0.15) is 0 Å². The monoisotopic (exact) mass is 368 g/mol. The third-order valence-corrected chi connectivity index (χ3v) is 4.58. The lowest BCUT2D eigenvalue weighted by molar-refractivity contribution is -0.692. The Balaban J connectivity index is 1.80. The van der Waals surface area contributed by atoms with Gasteiger partial charge in [-0.15, -0.1) is 0 Å². The van der Waals surface area contributed by atoms with Crippen LogP contribution >= 0.6 is 0 Å². The summed E-state index contributed by atoms with van der Waals surface area (Å²) in [5, 5.41) is 7.59. The minimum Gasteiger partial charge on any atom is -0.342 e. The predicted octanol–water partition coefficient (Wildman–Crippen LogP) is 2.26. The fourth-order valence-corrected chi connectivity index (χ4v) is 3.10. The molecular weight excluding hydrogens is 338 g/mol. The molecule has 0 heterocycles. The van der Waals surface area contributed by atoms with E-state index in [9.17, 15) is 9.59 Å². The highest BCUT2D eigenvalue weighted by molar-refractivity contribution is 5.95. The molecule has 0 spiro atoms. The van der Waals surface area contributed by atoms with Gasteiger partial charge in [0.25, 0.3) is 5.91 Å². The molecule has 0 saturated heterocycles. The van der Waals surface area contributed by atoms with Crippen LogP contribution in [0.3, 0.4) is 0 Å². The normalized spacial score (nSPS) is 11.9. The maximum absolute atomic E-state index is 12.2. The summed E-state index contributed by atoms with van der Waals surface area (Å²) in [4.78, 5) is 24.3. The average Bonchev–Trinajstić information content (AvgIpc) is 2.67. The quantitative estimate of drug-likeness (QED) is 0.635. The van der Waals surface area contributed by atoms with Gasteiger partial charge in [0, 0.05) is 17.2 Å². The van der Waals surface area contributed by atoms with Crippen molar-refractivity contribution in [2.24, 2.45) is 5.92 Å². The van der Waals surface area contributed by atoms with Crippen molar-refractivity contribution < 1.29 is 14.9 Å². The molecule has 27 heavy (non-hydrogen) atoms. The highest BCUT2D eigenvalue weighted by Gasteiger charge is 2.20. The number of hydrogen-bond donors (Lipinski definition) is 3. The van der Waals surface area contributed by atoms with E-state index in [1.165, 1.54) is 5.56 Å². The van der Waals surface area contributed by atoms with Gasteiger partial charge in [-0.3, -0.25) is 9.59 Å². The zero-order valence-corrected chi connectivity index (χ0v) is 16.4. The summed E-state index contributed by atoms with van der Waals surface area (Å²) in [6, 6.07) is 18.1. The standard InChI is InChI=1S/C22H29N3O2/c1-4-17-10-8-9-13-19(17)25-21(27)15-23-20(26)14-24-22(16(2)3)18-11-6-5-7-12-18/h5-13,16,22,24H,4,14-15H2,1-3H3,(H,23,26)(H,25,27)/p+1/t22-/m0/s1. The maximum atomic E-state index is 12.2. The molecule has 2 amide bonds. The third kappa shape index (κ3) is 6.53. The first-order valence-electron chi connectivity index (χ1n) is 9.54. The Morgan fingerprint density at radius 1 is 0.963 bits per heavy atom. The van der Waals surface area contributed by atoms with Crippen LogP contribution in [-0.2, 0) is 16.0 Å². The van der Waals surface area contributed by atoms with Gasteiger partial charge < -0.3 is 16.0 Å². The number of amides is 2. The van der Waals surface area contributed by atoms with Crippen LogP contribution in [0.5, 0.6) is 0 Å². The molecule has 0 bridgehead atoms. The van der Waals surface area contributed by atoms with Crippen molar-refractivity contribution in [1.82, 2.24) is 5.32 Å². The third-order valence-electron chi connectivity index (χ3n) is 4.58. The summed E-state index contributed by atoms with van der Waals surface area (Å²) in [5.41, 5.74) is 3.08. The zero-order valence-electron chi connectivity index (χ0n) is 16.4. The summed E-state index contributed by atoms with van der Waals surface area (Å²) in [6.07, 6.45) is 0.841. The van der Waals surface area contributed by atoms with E-state index < -0.39 is 0 Å². The summed E-state index contributed by atoms with van der Waals surface area (Å²) in [6.45, 7) is 6.59. The van der Waals surface area contributed by atoms with Crippen LogP contribution in [0.2, 0.25) is 0 Å². The van der Waals surface area contributed by atoms with E-state index in [1.54, 1.807) is 0 Å². The van der Waals surface area contributed by atoms with E-state index in [2.05, 4.69) is 36.6 Å². The Morgan fingerprint density at radius 3 is 2.30 bits per heavy atom. The number of rotatable bonds is 9. The van der Waals surface area contributed by atoms with Crippen molar-refractivity contribution in [1.29, 1.82) is 0 Å². The van der Waals surface area contributed by atoms with Crippen LogP contribution in [0, 0.1) is 5.92 Å². The molecule has 5 nitrogen and oxygen atoms in total. The van der Waals surface area contributed by atoms with Crippen LogP contribution in [0.1, 0.15) is 37.9 Å². The lowest BCUT2D eigenvalue weighted by Crippen LogP contribution is -2.88. The molecule has 2 rings (SSSR count). The lowest BCUT2D eigenvalue weighted by Gasteiger charge is -2.19. The molecule has 0 aromatic heterocycles. The number of hydrogen-bond acceptors (Lipinski definition) is 2. The van der Waals surface area contributed by atoms with Crippen LogP contribution < -0.4 is 16.0 Å². The van der Waals surface area contributed by atoms with Gasteiger partial charge in [0.05, 0.1) is 6.54 Å². The van der Waals surface area contributed by atoms with E-state index in [4.69, 9.17) is 0 Å². The van der Waals surface area contributed by atoms with Crippen LogP contribution in [0.15, 0.2) is 54.6 Å². The van der Waals surface area contributed by atoms with E-state index in [0.29, 0.717) is 5.92 Å². The molecule has 4 N–H and O–H groups in total. The van der Waals surface area contributed by atoms with Gasteiger partial charge in [-0.1, -0.05) is 69.3 Å². The first-order chi connectivity index (χ1) is 13.0. The first-order valence-corrected chi connectivity index (χ1v) is 9.54. The Morgan fingerprint density at radius 2 is 1.63 bits per heavy atom. The number of benzene rings is 2. The fourth-order valence-electron chi connectivity index (χ4n) is 3.10. The summed E-state index contributed by atoms with van der Waals surface area (Å²) >= 11 is 0. The number of aryl methyl sites for hydroxylation is 1. The second-order valence-corrected chi connectivity index (χ2v) is 6.96. The first kappa shape index (κ1) is 20.6. The Hall–Kier alpha value is -2.66. The number of anilines is 1. The molecule has 0 saturated carbocycles. The Labute approximate surface area is 161 Å². The van der Waals surface area contributed by atoms with Crippen molar-refractivity contribution in [3.05, 3.63) is 65.7 Å². The molecule has 144 valence electrons. The van der Waals surface area contributed by atoms with Gasteiger partial charge in [0.1, 0.15) is 6.04 Å². The number of para-hydroxylation sites is 1.